The van der Waals surface area contributed by atoms with Crippen LogP contribution in [-0.2, 0) is 6.54 Å². The van der Waals surface area contributed by atoms with Crippen LogP contribution >= 0.6 is 0 Å². The van der Waals surface area contributed by atoms with Crippen LogP contribution in [0.25, 0.3) is 11.3 Å². The Balaban J connectivity index is 1.48. The maximum Gasteiger partial charge on any atom is 0.253 e. The van der Waals surface area contributed by atoms with Crippen molar-refractivity contribution in [3.05, 3.63) is 70.4 Å². The number of hydrogen-bond donors (Lipinski definition) is 2. The minimum Gasteiger partial charge on any atom is -0.508 e. The fourth-order valence-electron chi connectivity index (χ4n) is 4.59. The average molecular weight is 403 g/mol. The number of nitrogen functional groups attached to an aromatic ring is 1. The third kappa shape index (κ3) is 3.20. The first-order valence-corrected chi connectivity index (χ1v) is 9.89. The van der Waals surface area contributed by atoms with Crippen molar-refractivity contribution in [1.82, 2.24) is 19.4 Å². The number of phenols is 1. The fraction of sp³-hybridized carbons (Fsp3) is 0.273. The summed E-state index contributed by atoms with van der Waals surface area (Å²) in [5.41, 5.74) is 8.51. The SMILES string of the molecule is Nc1cc(-c2cc3n(c(=O)c2)C[C@H]2C[C@@H]3CN(C(=O)c3ccc(O)cc3)C2)ncn1. The number of aromatic hydroxyl groups is 1. The Morgan fingerprint density at radius 2 is 1.87 bits per heavy atom. The third-order valence-electron chi connectivity index (χ3n) is 5.94. The van der Waals surface area contributed by atoms with Crippen LogP contribution in [0.5, 0.6) is 5.75 Å². The Labute approximate surface area is 172 Å². The Morgan fingerprint density at radius 3 is 2.63 bits per heavy atom. The lowest BCUT2D eigenvalue weighted by molar-refractivity contribution is 0.0594. The maximum absolute atomic E-state index is 13.0. The number of benzene rings is 1. The smallest absolute Gasteiger partial charge is 0.253 e. The molecule has 3 aromatic rings. The highest BCUT2D eigenvalue weighted by molar-refractivity contribution is 5.94. The number of piperidine rings is 1. The van der Waals surface area contributed by atoms with E-state index in [-0.39, 0.29) is 29.1 Å². The third-order valence-corrected chi connectivity index (χ3v) is 5.94. The first-order chi connectivity index (χ1) is 14.5. The van der Waals surface area contributed by atoms with Gasteiger partial charge in [0.1, 0.15) is 17.9 Å². The van der Waals surface area contributed by atoms with Crippen molar-refractivity contribution in [2.75, 3.05) is 18.8 Å². The molecule has 1 fully saturated rings. The van der Waals surface area contributed by atoms with Crippen LogP contribution in [0.2, 0.25) is 0 Å². The van der Waals surface area contributed by atoms with Crippen LogP contribution in [0.3, 0.4) is 0 Å². The summed E-state index contributed by atoms with van der Waals surface area (Å²) in [5.74, 6) is 0.732. The summed E-state index contributed by atoms with van der Waals surface area (Å²) in [6.07, 6.45) is 2.32. The zero-order valence-corrected chi connectivity index (χ0v) is 16.2. The van der Waals surface area contributed by atoms with Crippen LogP contribution in [-0.4, -0.2) is 43.5 Å². The zero-order valence-electron chi connectivity index (χ0n) is 16.2. The second kappa shape index (κ2) is 6.98. The number of carbonyl (C=O) groups is 1. The van der Waals surface area contributed by atoms with Gasteiger partial charge in [-0.25, -0.2) is 9.97 Å². The molecular weight excluding hydrogens is 382 g/mol. The van der Waals surface area contributed by atoms with Gasteiger partial charge in [-0.3, -0.25) is 9.59 Å². The van der Waals surface area contributed by atoms with Crippen LogP contribution < -0.4 is 11.3 Å². The molecule has 8 nitrogen and oxygen atoms in total. The second-order valence-electron chi connectivity index (χ2n) is 8.00. The molecule has 2 aliphatic heterocycles. The lowest BCUT2D eigenvalue weighted by Crippen LogP contribution is -2.49. The normalized spacial score (nSPS) is 19.9. The molecule has 1 amide bonds. The monoisotopic (exact) mass is 403 g/mol. The standard InChI is InChI=1S/C22H21N5O3/c23-20-8-18(24-12-25-20)15-6-19-16-5-13(10-27(19)21(29)7-15)9-26(11-16)22(30)14-1-3-17(28)4-2-14/h1-4,6-8,12-13,16,28H,5,9-11H2,(H2,23,24,25)/t13-,16+/m0/s1. The van der Waals surface area contributed by atoms with E-state index in [4.69, 9.17) is 5.73 Å². The highest BCUT2D eigenvalue weighted by atomic mass is 16.3. The summed E-state index contributed by atoms with van der Waals surface area (Å²) in [6.45, 7) is 1.76. The van der Waals surface area contributed by atoms with Gasteiger partial charge < -0.3 is 20.3 Å². The van der Waals surface area contributed by atoms with Crippen molar-refractivity contribution in [2.24, 2.45) is 5.92 Å². The molecule has 152 valence electrons. The minimum absolute atomic E-state index is 0.0553. The lowest BCUT2D eigenvalue weighted by Gasteiger charge is -2.43. The first kappa shape index (κ1) is 18.4. The molecule has 0 saturated carbocycles. The van der Waals surface area contributed by atoms with Crippen LogP contribution in [0.4, 0.5) is 5.82 Å². The average Bonchev–Trinajstić information content (AvgIpc) is 2.74. The number of anilines is 1. The van der Waals surface area contributed by atoms with E-state index in [1.165, 1.54) is 18.5 Å². The number of nitrogens with two attached hydrogens (primary N) is 1. The van der Waals surface area contributed by atoms with E-state index in [1.807, 2.05) is 15.5 Å². The van der Waals surface area contributed by atoms with Crippen molar-refractivity contribution in [3.63, 3.8) is 0 Å². The number of likely N-dealkylation sites (tertiary alicyclic amines) is 1. The zero-order chi connectivity index (χ0) is 20.8. The molecule has 2 aliphatic rings. The number of pyridine rings is 1. The van der Waals surface area contributed by atoms with Gasteiger partial charge in [0.2, 0.25) is 0 Å². The maximum atomic E-state index is 13.0. The molecule has 1 saturated heterocycles. The number of amides is 1. The summed E-state index contributed by atoms with van der Waals surface area (Å²) in [5, 5.41) is 9.48. The minimum atomic E-state index is -0.0623. The van der Waals surface area contributed by atoms with Gasteiger partial charge >= 0.3 is 0 Å². The molecule has 2 bridgehead atoms. The van der Waals surface area contributed by atoms with Gasteiger partial charge in [-0.2, -0.15) is 0 Å². The van der Waals surface area contributed by atoms with Gasteiger partial charge in [0, 0.05) is 54.5 Å². The van der Waals surface area contributed by atoms with Gasteiger partial charge in [0.25, 0.3) is 11.5 Å². The van der Waals surface area contributed by atoms with Gasteiger partial charge in [0.05, 0.1) is 5.69 Å². The van der Waals surface area contributed by atoms with E-state index >= 15 is 0 Å². The van der Waals surface area contributed by atoms with Crippen LogP contribution in [0.1, 0.15) is 28.4 Å². The molecule has 0 radical (unpaired) electrons. The number of carbonyl (C=O) groups excluding carboxylic acids is 1. The quantitative estimate of drug-likeness (QED) is 0.675. The van der Waals surface area contributed by atoms with Gasteiger partial charge in [-0.1, -0.05) is 0 Å². The predicted octanol–water partition coefficient (Wildman–Crippen LogP) is 1.85. The van der Waals surface area contributed by atoms with E-state index in [0.29, 0.717) is 42.3 Å². The number of rotatable bonds is 2. The summed E-state index contributed by atoms with van der Waals surface area (Å²) in [4.78, 5) is 35.8. The molecule has 0 unspecified atom stereocenters. The Hall–Kier alpha value is -3.68. The highest BCUT2D eigenvalue weighted by Crippen LogP contribution is 2.37. The highest BCUT2D eigenvalue weighted by Gasteiger charge is 2.37. The summed E-state index contributed by atoms with van der Waals surface area (Å²) in [6, 6.07) is 11.5. The molecule has 3 N–H and O–H groups in total. The summed E-state index contributed by atoms with van der Waals surface area (Å²) in [7, 11) is 0. The molecule has 0 aliphatic carbocycles. The topological polar surface area (TPSA) is 114 Å². The molecule has 5 rings (SSSR count). The van der Waals surface area contributed by atoms with Crippen molar-refractivity contribution >= 4 is 11.7 Å². The van der Waals surface area contributed by atoms with E-state index < -0.39 is 0 Å². The van der Waals surface area contributed by atoms with E-state index in [2.05, 4.69) is 9.97 Å². The number of fused-ring (bicyclic) bond motifs is 4. The molecule has 30 heavy (non-hydrogen) atoms. The van der Waals surface area contributed by atoms with Crippen molar-refractivity contribution in [3.8, 4) is 17.0 Å². The van der Waals surface area contributed by atoms with Crippen molar-refractivity contribution in [1.29, 1.82) is 0 Å². The largest absolute Gasteiger partial charge is 0.508 e. The number of aromatic nitrogens is 3. The van der Waals surface area contributed by atoms with Crippen molar-refractivity contribution in [2.45, 2.75) is 18.9 Å². The number of phenolic OH excluding ortho intramolecular Hbond substituents is 1. The molecule has 0 spiro atoms. The number of hydrogen-bond acceptors (Lipinski definition) is 6. The van der Waals surface area contributed by atoms with E-state index in [9.17, 15) is 14.7 Å². The van der Waals surface area contributed by atoms with Gasteiger partial charge in [0.15, 0.2) is 0 Å². The Morgan fingerprint density at radius 1 is 1.07 bits per heavy atom. The van der Waals surface area contributed by atoms with Crippen molar-refractivity contribution < 1.29 is 9.90 Å². The lowest BCUT2D eigenvalue weighted by atomic mass is 9.82. The van der Waals surface area contributed by atoms with Crippen LogP contribution in [0.15, 0.2) is 53.6 Å². The molecule has 2 aromatic heterocycles. The predicted molar refractivity (Wildman–Crippen MR) is 111 cm³/mol. The molecule has 8 heteroatoms. The van der Waals surface area contributed by atoms with E-state index in [0.717, 1.165) is 12.1 Å². The summed E-state index contributed by atoms with van der Waals surface area (Å²) < 4.78 is 1.83. The van der Waals surface area contributed by atoms with Gasteiger partial charge in [-0.15, -0.1) is 0 Å². The molecular formula is C22H21N5O3. The Bertz CT molecular complexity index is 1190. The fourth-order valence-corrected chi connectivity index (χ4v) is 4.59. The molecule has 4 heterocycles. The first-order valence-electron chi connectivity index (χ1n) is 9.89. The van der Waals surface area contributed by atoms with Crippen LogP contribution in [0, 0.1) is 5.92 Å². The summed E-state index contributed by atoms with van der Waals surface area (Å²) >= 11 is 0. The second-order valence-corrected chi connectivity index (χ2v) is 8.00. The molecule has 2 atom stereocenters. The Kier molecular flexibility index (Phi) is 4.27. The van der Waals surface area contributed by atoms with Gasteiger partial charge in [-0.05, 0) is 42.7 Å². The molecule has 1 aromatic carbocycles. The number of nitrogens with zero attached hydrogens (tertiary/aromatic N) is 4. The van der Waals surface area contributed by atoms with E-state index in [1.54, 1.807) is 24.3 Å².